The van der Waals surface area contributed by atoms with E-state index in [1.54, 1.807) is 0 Å². The van der Waals surface area contributed by atoms with Gasteiger partial charge in [0.2, 0.25) is 0 Å². The third-order valence-corrected chi connectivity index (χ3v) is 4.35. The second kappa shape index (κ2) is 5.21. The number of fused-ring (bicyclic) bond motifs is 1. The highest BCUT2D eigenvalue weighted by molar-refractivity contribution is 5.72. The maximum absolute atomic E-state index is 11.2. The number of aromatic amines is 1. The first-order valence-corrected chi connectivity index (χ1v) is 7.11. The first kappa shape index (κ1) is 12.5. The second-order valence-electron chi connectivity index (χ2n) is 5.51. The molecule has 1 unspecified atom stereocenters. The highest BCUT2D eigenvalue weighted by Gasteiger charge is 2.24. The molecule has 1 heterocycles. The van der Waals surface area contributed by atoms with Crippen molar-refractivity contribution in [1.82, 2.24) is 4.98 Å². The second-order valence-corrected chi connectivity index (χ2v) is 5.51. The lowest BCUT2D eigenvalue weighted by molar-refractivity contribution is 0.307. The van der Waals surface area contributed by atoms with Gasteiger partial charge in [0, 0.05) is 0 Å². The molecule has 1 aliphatic rings. The van der Waals surface area contributed by atoms with Crippen LogP contribution in [-0.2, 0) is 0 Å². The summed E-state index contributed by atoms with van der Waals surface area (Å²) in [4.78, 5) is 13.9. The van der Waals surface area contributed by atoms with Crippen LogP contribution in [0.4, 0.5) is 0 Å². The van der Waals surface area contributed by atoms with E-state index in [9.17, 15) is 4.79 Å². The smallest absolute Gasteiger partial charge is 0.408 e. The third-order valence-electron chi connectivity index (χ3n) is 4.35. The fourth-order valence-corrected chi connectivity index (χ4v) is 3.33. The Bertz CT molecular complexity index is 608. The maximum Gasteiger partial charge on any atom is 0.417 e. The molecular formula is C15H20N2O2. The Labute approximate surface area is 112 Å². The zero-order valence-corrected chi connectivity index (χ0v) is 11.0. The molecule has 0 spiro atoms. The Kier molecular flexibility index (Phi) is 3.42. The Morgan fingerprint density at radius 1 is 1.32 bits per heavy atom. The molecule has 102 valence electrons. The van der Waals surface area contributed by atoms with Gasteiger partial charge in [-0.1, -0.05) is 25.3 Å². The summed E-state index contributed by atoms with van der Waals surface area (Å²) in [6.07, 6.45) is 6.48. The molecule has 1 aliphatic carbocycles. The van der Waals surface area contributed by atoms with Gasteiger partial charge in [-0.25, -0.2) is 4.79 Å². The van der Waals surface area contributed by atoms with E-state index in [0.717, 1.165) is 5.52 Å². The van der Waals surface area contributed by atoms with Crippen LogP contribution in [0.3, 0.4) is 0 Å². The van der Waals surface area contributed by atoms with Crippen molar-refractivity contribution in [3.63, 3.8) is 0 Å². The number of hydrogen-bond acceptors (Lipinski definition) is 3. The van der Waals surface area contributed by atoms with E-state index in [4.69, 9.17) is 10.2 Å². The minimum atomic E-state index is -0.394. The van der Waals surface area contributed by atoms with Crippen LogP contribution in [0.2, 0.25) is 0 Å². The number of nitrogens with two attached hydrogens (primary N) is 1. The lowest BCUT2D eigenvalue weighted by Gasteiger charge is -2.29. The predicted molar refractivity (Wildman–Crippen MR) is 75.2 cm³/mol. The van der Waals surface area contributed by atoms with E-state index < -0.39 is 5.76 Å². The van der Waals surface area contributed by atoms with Gasteiger partial charge in [0.05, 0.1) is 5.52 Å². The van der Waals surface area contributed by atoms with E-state index in [-0.39, 0.29) is 0 Å². The first-order valence-electron chi connectivity index (χ1n) is 7.11. The fourth-order valence-electron chi connectivity index (χ4n) is 3.33. The van der Waals surface area contributed by atoms with Crippen molar-refractivity contribution in [3.8, 4) is 0 Å². The molecule has 0 radical (unpaired) electrons. The summed E-state index contributed by atoms with van der Waals surface area (Å²) in [6.45, 7) is 0.658. The molecule has 0 bridgehead atoms. The van der Waals surface area contributed by atoms with Crippen LogP contribution in [0.5, 0.6) is 0 Å². The summed E-state index contributed by atoms with van der Waals surface area (Å²) < 4.78 is 5.14. The lowest BCUT2D eigenvalue weighted by Crippen LogP contribution is -2.23. The predicted octanol–water partition coefficient (Wildman–Crippen LogP) is 2.74. The van der Waals surface area contributed by atoms with Crippen LogP contribution in [-0.4, -0.2) is 11.5 Å². The van der Waals surface area contributed by atoms with Gasteiger partial charge in [-0.15, -0.1) is 0 Å². The third kappa shape index (κ3) is 2.45. The largest absolute Gasteiger partial charge is 0.417 e. The molecule has 3 N–H and O–H groups in total. The molecular weight excluding hydrogens is 240 g/mol. The summed E-state index contributed by atoms with van der Waals surface area (Å²) in [5, 5.41) is 0. The summed E-state index contributed by atoms with van der Waals surface area (Å²) >= 11 is 0. The number of oxazole rings is 1. The first-order chi connectivity index (χ1) is 9.28. The van der Waals surface area contributed by atoms with Crippen molar-refractivity contribution >= 4 is 11.1 Å². The maximum atomic E-state index is 11.2. The van der Waals surface area contributed by atoms with Crippen LogP contribution in [0, 0.1) is 5.92 Å². The van der Waals surface area contributed by atoms with Gasteiger partial charge in [-0.3, -0.25) is 4.98 Å². The number of aromatic nitrogens is 1. The Morgan fingerprint density at radius 2 is 2.11 bits per heavy atom. The molecule has 1 aromatic carbocycles. The highest BCUT2D eigenvalue weighted by atomic mass is 16.4. The summed E-state index contributed by atoms with van der Waals surface area (Å²) in [5.74, 6) is 0.654. The molecule has 0 saturated heterocycles. The molecule has 2 aromatic rings. The van der Waals surface area contributed by atoms with Crippen molar-refractivity contribution in [3.05, 3.63) is 34.3 Å². The zero-order chi connectivity index (χ0) is 13.2. The Balaban J connectivity index is 1.93. The van der Waals surface area contributed by atoms with Gasteiger partial charge in [0.15, 0.2) is 5.58 Å². The lowest BCUT2D eigenvalue weighted by atomic mass is 9.77. The molecule has 0 aliphatic heterocycles. The number of H-pyrrole nitrogens is 1. The molecule has 19 heavy (non-hydrogen) atoms. The van der Waals surface area contributed by atoms with E-state index in [0.29, 0.717) is 24.0 Å². The monoisotopic (exact) mass is 260 g/mol. The van der Waals surface area contributed by atoms with E-state index in [1.807, 2.05) is 12.1 Å². The topological polar surface area (TPSA) is 72.0 Å². The number of benzene rings is 1. The normalized spacial score (nSPS) is 18.8. The summed E-state index contributed by atoms with van der Waals surface area (Å²) in [6, 6.07) is 5.96. The van der Waals surface area contributed by atoms with Crippen LogP contribution >= 0.6 is 0 Å². The molecule has 1 aromatic heterocycles. The molecule has 4 heteroatoms. The van der Waals surface area contributed by atoms with Gasteiger partial charge >= 0.3 is 5.76 Å². The molecule has 4 nitrogen and oxygen atoms in total. The molecule has 0 amide bonds. The minimum Gasteiger partial charge on any atom is -0.408 e. The van der Waals surface area contributed by atoms with Crippen LogP contribution < -0.4 is 11.5 Å². The average Bonchev–Trinajstić information content (AvgIpc) is 2.80. The van der Waals surface area contributed by atoms with E-state index in [2.05, 4.69) is 11.1 Å². The molecule has 1 atom stereocenters. The summed E-state index contributed by atoms with van der Waals surface area (Å²) in [7, 11) is 0. The SMILES string of the molecule is NCC(c1ccc2[nH]c(=O)oc2c1)C1CCCCC1. The average molecular weight is 260 g/mol. The number of hydrogen-bond donors (Lipinski definition) is 2. The van der Waals surface area contributed by atoms with Gasteiger partial charge in [0.25, 0.3) is 0 Å². The van der Waals surface area contributed by atoms with Gasteiger partial charge in [-0.2, -0.15) is 0 Å². The van der Waals surface area contributed by atoms with Crippen molar-refractivity contribution < 1.29 is 4.42 Å². The van der Waals surface area contributed by atoms with E-state index in [1.165, 1.54) is 37.7 Å². The molecule has 1 fully saturated rings. The van der Waals surface area contributed by atoms with Crippen molar-refractivity contribution in [2.75, 3.05) is 6.54 Å². The van der Waals surface area contributed by atoms with Gasteiger partial charge in [-0.05, 0) is 48.9 Å². The van der Waals surface area contributed by atoms with E-state index >= 15 is 0 Å². The van der Waals surface area contributed by atoms with Gasteiger partial charge in [0.1, 0.15) is 0 Å². The van der Waals surface area contributed by atoms with Gasteiger partial charge < -0.3 is 10.2 Å². The van der Waals surface area contributed by atoms with Crippen LogP contribution in [0.15, 0.2) is 27.4 Å². The van der Waals surface area contributed by atoms with Crippen molar-refractivity contribution in [2.24, 2.45) is 11.7 Å². The quantitative estimate of drug-likeness (QED) is 0.891. The highest BCUT2D eigenvalue weighted by Crippen LogP contribution is 2.36. The van der Waals surface area contributed by atoms with Crippen molar-refractivity contribution in [2.45, 2.75) is 38.0 Å². The van der Waals surface area contributed by atoms with Crippen molar-refractivity contribution in [1.29, 1.82) is 0 Å². The zero-order valence-electron chi connectivity index (χ0n) is 11.0. The minimum absolute atomic E-state index is 0.380. The van der Waals surface area contributed by atoms with Crippen LogP contribution in [0.25, 0.3) is 11.1 Å². The standard InChI is InChI=1S/C15H20N2O2/c16-9-12(10-4-2-1-3-5-10)11-6-7-13-14(8-11)19-15(18)17-13/h6-8,10,12H,1-5,9,16H2,(H,17,18). The molecule has 3 rings (SSSR count). The number of rotatable bonds is 3. The Morgan fingerprint density at radius 3 is 2.84 bits per heavy atom. The number of nitrogens with one attached hydrogen (secondary N) is 1. The molecule has 1 saturated carbocycles. The Hall–Kier alpha value is -1.55. The van der Waals surface area contributed by atoms with Crippen LogP contribution in [0.1, 0.15) is 43.6 Å². The fraction of sp³-hybridized carbons (Fsp3) is 0.533. The summed E-state index contributed by atoms with van der Waals surface area (Å²) in [5.41, 5.74) is 8.58.